The van der Waals surface area contributed by atoms with E-state index in [2.05, 4.69) is 4.98 Å². The number of hydrogen-bond donors (Lipinski definition) is 0. The Morgan fingerprint density at radius 1 is 1.15 bits per heavy atom. The summed E-state index contributed by atoms with van der Waals surface area (Å²) in [5.41, 5.74) is 1.60. The molecule has 2 aromatic rings. The van der Waals surface area contributed by atoms with Crippen LogP contribution in [0.1, 0.15) is 44.6 Å². The van der Waals surface area contributed by atoms with Gasteiger partial charge in [-0.1, -0.05) is 11.6 Å². The first-order valence-corrected chi connectivity index (χ1v) is 10.1. The van der Waals surface area contributed by atoms with E-state index in [-0.39, 0.29) is 11.8 Å². The van der Waals surface area contributed by atoms with Gasteiger partial charge >= 0.3 is 0 Å². The highest BCUT2D eigenvalue weighted by Gasteiger charge is 2.25. The minimum absolute atomic E-state index is 0.00201. The average molecular weight is 392 g/mol. The molecule has 0 saturated heterocycles. The molecule has 0 radical (unpaired) electrons. The topological polar surface area (TPSA) is 53.5 Å². The third-order valence-electron chi connectivity index (χ3n) is 4.62. The van der Waals surface area contributed by atoms with Crippen LogP contribution in [0, 0.1) is 0 Å². The molecule has 1 aliphatic heterocycles. The van der Waals surface area contributed by atoms with Crippen molar-refractivity contribution in [2.24, 2.45) is 0 Å². The summed E-state index contributed by atoms with van der Waals surface area (Å²) in [4.78, 5) is 34.5. The van der Waals surface area contributed by atoms with Crippen LogP contribution in [0.4, 0.5) is 0 Å². The van der Waals surface area contributed by atoms with Crippen molar-refractivity contribution < 1.29 is 9.59 Å². The smallest absolute Gasteiger partial charge is 0.282 e. The van der Waals surface area contributed by atoms with E-state index < -0.39 is 0 Å². The van der Waals surface area contributed by atoms with Gasteiger partial charge in [-0.25, -0.2) is 4.98 Å². The zero-order chi connectivity index (χ0) is 18.7. The van der Waals surface area contributed by atoms with Crippen molar-refractivity contribution in [3.8, 4) is 0 Å². The highest BCUT2D eigenvalue weighted by Crippen LogP contribution is 2.25. The molecule has 1 aromatic heterocycles. The molecule has 0 spiro atoms. The molecule has 0 atom stereocenters. The Bertz CT molecular complexity index is 774. The highest BCUT2D eigenvalue weighted by atomic mass is 35.5. The van der Waals surface area contributed by atoms with Crippen LogP contribution in [0.5, 0.6) is 0 Å². The molecule has 138 valence electrons. The number of rotatable bonds is 4. The van der Waals surface area contributed by atoms with E-state index >= 15 is 0 Å². The lowest BCUT2D eigenvalue weighted by Crippen LogP contribution is -2.33. The summed E-state index contributed by atoms with van der Waals surface area (Å²) in [5, 5.41) is 1.19. The van der Waals surface area contributed by atoms with E-state index in [4.69, 9.17) is 11.6 Å². The van der Waals surface area contributed by atoms with Crippen molar-refractivity contribution in [1.29, 1.82) is 0 Å². The number of carbonyl (C=O) groups is 2. The number of nitrogens with zero attached hydrogens (tertiary/aromatic N) is 3. The van der Waals surface area contributed by atoms with Crippen LogP contribution < -0.4 is 0 Å². The van der Waals surface area contributed by atoms with Crippen molar-refractivity contribution in [3.05, 3.63) is 50.4 Å². The number of halogens is 1. The Morgan fingerprint density at radius 3 is 2.46 bits per heavy atom. The number of thiazole rings is 1. The molecule has 0 fully saturated rings. The summed E-state index contributed by atoms with van der Waals surface area (Å²) in [6.07, 6.45) is 1.41. The van der Waals surface area contributed by atoms with Crippen molar-refractivity contribution >= 4 is 34.8 Å². The number of amides is 2. The normalized spacial score (nSPS) is 13.9. The van der Waals surface area contributed by atoms with Crippen LogP contribution >= 0.6 is 22.9 Å². The van der Waals surface area contributed by atoms with Gasteiger partial charge in [0.15, 0.2) is 5.01 Å². The van der Waals surface area contributed by atoms with Crippen LogP contribution in [0.15, 0.2) is 24.3 Å². The first-order valence-electron chi connectivity index (χ1n) is 8.86. The van der Waals surface area contributed by atoms with Gasteiger partial charge in [0.1, 0.15) is 0 Å². The van der Waals surface area contributed by atoms with E-state index in [0.717, 1.165) is 17.0 Å². The summed E-state index contributed by atoms with van der Waals surface area (Å²) in [6.45, 7) is 6.55. The molecule has 7 heteroatoms. The second kappa shape index (κ2) is 8.18. The zero-order valence-corrected chi connectivity index (χ0v) is 16.6. The Balaban J connectivity index is 1.70. The van der Waals surface area contributed by atoms with Gasteiger partial charge in [-0.2, -0.15) is 0 Å². The lowest BCUT2D eigenvalue weighted by Gasteiger charge is -2.20. The van der Waals surface area contributed by atoms with E-state index in [9.17, 15) is 9.59 Å². The Hall–Kier alpha value is -1.92. The number of fused-ring (bicyclic) bond motifs is 1. The maximum Gasteiger partial charge on any atom is 0.282 e. The quantitative estimate of drug-likeness (QED) is 0.801. The molecule has 0 unspecified atom stereocenters. The van der Waals surface area contributed by atoms with Gasteiger partial charge in [0.05, 0.1) is 5.69 Å². The molecule has 5 nitrogen and oxygen atoms in total. The van der Waals surface area contributed by atoms with Gasteiger partial charge in [-0.05, 0) is 38.1 Å². The molecule has 2 heterocycles. The van der Waals surface area contributed by atoms with Gasteiger partial charge in [0.2, 0.25) is 0 Å². The maximum atomic E-state index is 12.7. The Labute approximate surface area is 162 Å². The first-order chi connectivity index (χ1) is 12.5. The van der Waals surface area contributed by atoms with Crippen LogP contribution in [0.25, 0.3) is 0 Å². The number of aromatic nitrogens is 1. The van der Waals surface area contributed by atoms with E-state index in [0.29, 0.717) is 48.2 Å². The molecule has 1 aromatic carbocycles. The van der Waals surface area contributed by atoms with E-state index in [1.807, 2.05) is 18.7 Å². The Morgan fingerprint density at radius 2 is 1.81 bits per heavy atom. The molecular weight excluding hydrogens is 370 g/mol. The van der Waals surface area contributed by atoms with Crippen molar-refractivity contribution in [1.82, 2.24) is 14.8 Å². The van der Waals surface area contributed by atoms with Gasteiger partial charge in [0, 0.05) is 54.5 Å². The third-order valence-corrected chi connectivity index (χ3v) is 6.01. The number of benzene rings is 1. The van der Waals surface area contributed by atoms with Gasteiger partial charge < -0.3 is 9.80 Å². The van der Waals surface area contributed by atoms with Crippen molar-refractivity contribution in [2.75, 3.05) is 26.2 Å². The monoisotopic (exact) mass is 391 g/mol. The number of hydrogen-bond acceptors (Lipinski definition) is 4. The van der Waals surface area contributed by atoms with Crippen LogP contribution in [0.2, 0.25) is 5.02 Å². The van der Waals surface area contributed by atoms with Crippen LogP contribution in [-0.2, 0) is 12.8 Å². The molecule has 2 amide bonds. The minimum Gasteiger partial charge on any atom is -0.338 e. The molecule has 26 heavy (non-hydrogen) atoms. The lowest BCUT2D eigenvalue weighted by molar-refractivity contribution is 0.0756. The molecule has 0 bridgehead atoms. The number of carbonyl (C=O) groups excluding carboxylic acids is 2. The zero-order valence-electron chi connectivity index (χ0n) is 15.0. The molecule has 0 N–H and O–H groups in total. The largest absolute Gasteiger partial charge is 0.338 e. The fraction of sp³-hybridized carbons (Fsp3) is 0.421. The van der Waals surface area contributed by atoms with Crippen LogP contribution in [0.3, 0.4) is 0 Å². The highest BCUT2D eigenvalue weighted by molar-refractivity contribution is 7.13. The Kier molecular flexibility index (Phi) is 5.94. The molecular formula is C19H22ClN3O2S. The summed E-state index contributed by atoms with van der Waals surface area (Å²) < 4.78 is 0. The molecule has 0 aliphatic carbocycles. The summed E-state index contributed by atoms with van der Waals surface area (Å²) in [7, 11) is 0. The van der Waals surface area contributed by atoms with Gasteiger partial charge in [-0.3, -0.25) is 9.59 Å². The maximum absolute atomic E-state index is 12.7. The standard InChI is InChI=1S/C19H22ClN3O2S/c1-3-22(4-2)19(25)17-21-15-9-11-23(12-10-16(15)26-17)18(24)13-5-7-14(20)8-6-13/h5-8H,3-4,9-12H2,1-2H3. The van der Waals surface area contributed by atoms with E-state index in [1.54, 1.807) is 29.2 Å². The fourth-order valence-corrected chi connectivity index (χ4v) is 4.27. The third kappa shape index (κ3) is 3.91. The SMILES string of the molecule is CCN(CC)C(=O)c1nc2c(s1)CCN(C(=O)c1ccc(Cl)cc1)CC2. The second-order valence-electron chi connectivity index (χ2n) is 6.17. The average Bonchev–Trinajstić information content (AvgIpc) is 2.96. The summed E-state index contributed by atoms with van der Waals surface area (Å²) in [6, 6.07) is 6.97. The second-order valence-corrected chi connectivity index (χ2v) is 7.69. The van der Waals surface area contributed by atoms with Gasteiger partial charge in [-0.15, -0.1) is 11.3 Å². The predicted octanol–water partition coefficient (Wildman–Crippen LogP) is 3.52. The van der Waals surface area contributed by atoms with Crippen molar-refractivity contribution in [3.63, 3.8) is 0 Å². The summed E-state index contributed by atoms with van der Waals surface area (Å²) in [5.74, 6) is 0.0124. The molecule has 1 aliphatic rings. The van der Waals surface area contributed by atoms with Gasteiger partial charge in [0.25, 0.3) is 11.8 Å². The molecule has 3 rings (SSSR count). The molecule has 0 saturated carbocycles. The van der Waals surface area contributed by atoms with Crippen LogP contribution in [-0.4, -0.2) is 52.8 Å². The predicted molar refractivity (Wildman–Crippen MR) is 104 cm³/mol. The van der Waals surface area contributed by atoms with Crippen molar-refractivity contribution in [2.45, 2.75) is 26.7 Å². The summed E-state index contributed by atoms with van der Waals surface area (Å²) >= 11 is 7.36. The first kappa shape index (κ1) is 18.9. The minimum atomic E-state index is 0.00201. The van der Waals surface area contributed by atoms with E-state index in [1.165, 1.54) is 11.3 Å². The lowest BCUT2D eigenvalue weighted by atomic mass is 10.2. The fourth-order valence-electron chi connectivity index (χ4n) is 3.08.